The largest absolute Gasteiger partial charge is 0.465 e. The highest BCUT2D eigenvalue weighted by molar-refractivity contribution is 6.34. The number of aryl methyl sites for hydroxylation is 2. The maximum atomic E-state index is 11.1. The predicted octanol–water partition coefficient (Wildman–Crippen LogP) is 3.03. The van der Waals surface area contributed by atoms with Crippen molar-refractivity contribution in [2.75, 3.05) is 11.4 Å². The van der Waals surface area contributed by atoms with Crippen molar-refractivity contribution in [3.05, 3.63) is 28.3 Å². The maximum Gasteiger partial charge on any atom is 0.412 e. The summed E-state index contributed by atoms with van der Waals surface area (Å²) in [7, 11) is 0. The number of rotatable bonds is 3. The third-order valence-electron chi connectivity index (χ3n) is 2.47. The van der Waals surface area contributed by atoms with E-state index in [2.05, 4.69) is 0 Å². The van der Waals surface area contributed by atoms with E-state index in [-0.39, 0.29) is 12.3 Å². The zero-order chi connectivity index (χ0) is 13.2. The maximum absolute atomic E-state index is 11.1. The van der Waals surface area contributed by atoms with Crippen molar-refractivity contribution < 1.29 is 14.7 Å². The van der Waals surface area contributed by atoms with Crippen LogP contribution in [0.2, 0.25) is 5.02 Å². The second kappa shape index (κ2) is 5.19. The second-order valence-corrected chi connectivity index (χ2v) is 4.37. The van der Waals surface area contributed by atoms with Crippen LogP contribution in [0, 0.1) is 13.8 Å². The van der Waals surface area contributed by atoms with Crippen LogP contribution in [0.4, 0.5) is 10.5 Å². The molecule has 0 aliphatic heterocycles. The van der Waals surface area contributed by atoms with Crippen molar-refractivity contribution in [2.45, 2.75) is 20.8 Å². The molecule has 0 bridgehead atoms. The van der Waals surface area contributed by atoms with Gasteiger partial charge in [0.05, 0.1) is 17.3 Å². The SMILES string of the molecule is CC(=O)CN(C(=O)O)c1cc(C)c(C)cc1Cl. The number of hydrogen-bond acceptors (Lipinski definition) is 2. The van der Waals surface area contributed by atoms with Gasteiger partial charge in [0, 0.05) is 0 Å². The molecule has 0 spiro atoms. The number of ketones is 1. The lowest BCUT2D eigenvalue weighted by Crippen LogP contribution is -2.33. The fourth-order valence-corrected chi connectivity index (χ4v) is 1.77. The van der Waals surface area contributed by atoms with Gasteiger partial charge in [-0.15, -0.1) is 0 Å². The summed E-state index contributed by atoms with van der Waals surface area (Å²) in [5.74, 6) is -0.235. The highest BCUT2D eigenvalue weighted by Crippen LogP contribution is 2.29. The number of carbonyl (C=O) groups excluding carboxylic acids is 1. The molecule has 5 heteroatoms. The molecule has 4 nitrogen and oxygen atoms in total. The van der Waals surface area contributed by atoms with Crippen LogP contribution in [0.1, 0.15) is 18.1 Å². The molecule has 0 atom stereocenters. The van der Waals surface area contributed by atoms with E-state index in [0.717, 1.165) is 16.0 Å². The van der Waals surface area contributed by atoms with Crippen LogP contribution in [-0.2, 0) is 4.79 Å². The summed E-state index contributed by atoms with van der Waals surface area (Å²) in [5, 5.41) is 9.41. The molecule has 0 aliphatic carbocycles. The Morgan fingerprint density at radius 1 is 1.29 bits per heavy atom. The van der Waals surface area contributed by atoms with Crippen molar-refractivity contribution >= 4 is 29.2 Å². The van der Waals surface area contributed by atoms with Crippen molar-refractivity contribution in [3.63, 3.8) is 0 Å². The Balaban J connectivity index is 3.23. The minimum absolute atomic E-state index is 0.197. The molecule has 0 fully saturated rings. The van der Waals surface area contributed by atoms with Gasteiger partial charge >= 0.3 is 6.09 Å². The fourth-order valence-electron chi connectivity index (χ4n) is 1.45. The highest BCUT2D eigenvalue weighted by atomic mass is 35.5. The van der Waals surface area contributed by atoms with Crippen molar-refractivity contribution in [2.24, 2.45) is 0 Å². The Morgan fingerprint density at radius 2 is 1.82 bits per heavy atom. The Hall–Kier alpha value is -1.55. The third-order valence-corrected chi connectivity index (χ3v) is 2.77. The number of benzene rings is 1. The molecule has 1 N–H and O–H groups in total. The number of halogens is 1. The first-order chi connectivity index (χ1) is 7.82. The lowest BCUT2D eigenvalue weighted by atomic mass is 10.1. The molecule has 0 aromatic heterocycles. The molecule has 17 heavy (non-hydrogen) atoms. The van der Waals surface area contributed by atoms with Gasteiger partial charge < -0.3 is 5.11 Å². The average Bonchev–Trinajstić information content (AvgIpc) is 2.20. The van der Waals surface area contributed by atoms with Crippen LogP contribution < -0.4 is 4.90 Å². The van der Waals surface area contributed by atoms with E-state index in [4.69, 9.17) is 16.7 Å². The summed E-state index contributed by atoms with van der Waals surface area (Å²) < 4.78 is 0. The van der Waals surface area contributed by atoms with Crippen LogP contribution in [0.15, 0.2) is 12.1 Å². The van der Waals surface area contributed by atoms with Crippen molar-refractivity contribution in [1.29, 1.82) is 0 Å². The fraction of sp³-hybridized carbons (Fsp3) is 0.333. The topological polar surface area (TPSA) is 57.6 Å². The van der Waals surface area contributed by atoms with Crippen LogP contribution >= 0.6 is 11.6 Å². The van der Waals surface area contributed by atoms with Crippen molar-refractivity contribution in [3.8, 4) is 0 Å². The standard InChI is InChI=1S/C12H14ClNO3/c1-7-4-10(13)11(5-8(7)2)14(12(16)17)6-9(3)15/h4-5H,6H2,1-3H3,(H,16,17). The second-order valence-electron chi connectivity index (χ2n) is 3.96. The van der Waals surface area contributed by atoms with Gasteiger partial charge in [-0.25, -0.2) is 4.79 Å². The molecular formula is C12H14ClNO3. The van der Waals surface area contributed by atoms with Gasteiger partial charge in [0.15, 0.2) is 0 Å². The first-order valence-corrected chi connectivity index (χ1v) is 5.47. The van der Waals surface area contributed by atoms with E-state index in [1.54, 1.807) is 12.1 Å². The van der Waals surface area contributed by atoms with Gasteiger partial charge in [0.25, 0.3) is 0 Å². The minimum Gasteiger partial charge on any atom is -0.465 e. The number of carbonyl (C=O) groups is 2. The number of amides is 1. The molecule has 1 aromatic carbocycles. The summed E-state index contributed by atoms with van der Waals surface area (Å²) in [6, 6.07) is 3.37. The van der Waals surface area contributed by atoms with Crippen LogP contribution in [0.25, 0.3) is 0 Å². The molecule has 0 saturated heterocycles. The summed E-state index contributed by atoms with van der Waals surface area (Å²) in [4.78, 5) is 23.1. The van der Waals surface area contributed by atoms with E-state index >= 15 is 0 Å². The van der Waals surface area contributed by atoms with E-state index in [1.165, 1.54) is 6.92 Å². The van der Waals surface area contributed by atoms with E-state index < -0.39 is 6.09 Å². The van der Waals surface area contributed by atoms with E-state index in [1.807, 2.05) is 13.8 Å². The Kier molecular flexibility index (Phi) is 4.12. The highest BCUT2D eigenvalue weighted by Gasteiger charge is 2.19. The summed E-state index contributed by atoms with van der Waals surface area (Å²) in [6.07, 6.45) is -1.19. The summed E-state index contributed by atoms with van der Waals surface area (Å²) in [6.45, 7) is 4.90. The van der Waals surface area contributed by atoms with Crippen LogP contribution in [-0.4, -0.2) is 23.5 Å². The molecule has 1 rings (SSSR count). The van der Waals surface area contributed by atoms with Gasteiger partial charge in [0.2, 0.25) is 0 Å². The van der Waals surface area contributed by atoms with Crippen molar-refractivity contribution in [1.82, 2.24) is 0 Å². The lowest BCUT2D eigenvalue weighted by Gasteiger charge is -2.20. The normalized spacial score (nSPS) is 10.1. The van der Waals surface area contributed by atoms with Gasteiger partial charge in [-0.05, 0) is 44.0 Å². The van der Waals surface area contributed by atoms with Gasteiger partial charge in [0.1, 0.15) is 5.78 Å². The Bertz CT molecular complexity index is 471. The molecule has 0 aliphatic rings. The van der Waals surface area contributed by atoms with Gasteiger partial charge in [-0.3, -0.25) is 9.69 Å². The molecule has 0 saturated carbocycles. The molecule has 0 radical (unpaired) electrons. The smallest absolute Gasteiger partial charge is 0.412 e. The molecule has 1 amide bonds. The number of anilines is 1. The minimum atomic E-state index is -1.19. The van der Waals surface area contributed by atoms with E-state index in [0.29, 0.717) is 10.7 Å². The van der Waals surface area contributed by atoms with Gasteiger partial charge in [-0.2, -0.15) is 0 Å². The average molecular weight is 256 g/mol. The molecular weight excluding hydrogens is 242 g/mol. The van der Waals surface area contributed by atoms with Gasteiger partial charge in [-0.1, -0.05) is 11.6 Å². The quantitative estimate of drug-likeness (QED) is 0.903. The third kappa shape index (κ3) is 3.20. The van der Waals surface area contributed by atoms with Crippen LogP contribution in [0.3, 0.4) is 0 Å². The molecule has 0 heterocycles. The molecule has 0 unspecified atom stereocenters. The Morgan fingerprint density at radius 3 is 2.29 bits per heavy atom. The first-order valence-electron chi connectivity index (χ1n) is 5.09. The predicted molar refractivity (Wildman–Crippen MR) is 67.0 cm³/mol. The summed E-state index contributed by atoms with van der Waals surface area (Å²) in [5.41, 5.74) is 2.25. The first kappa shape index (κ1) is 13.5. The number of hydrogen-bond donors (Lipinski definition) is 1. The molecule has 1 aromatic rings. The zero-order valence-electron chi connectivity index (χ0n) is 9.95. The number of nitrogens with zero attached hydrogens (tertiary/aromatic N) is 1. The Labute approximate surface area is 105 Å². The summed E-state index contributed by atoms with van der Waals surface area (Å²) >= 11 is 6.01. The van der Waals surface area contributed by atoms with Crippen LogP contribution in [0.5, 0.6) is 0 Å². The lowest BCUT2D eigenvalue weighted by molar-refractivity contribution is -0.115. The number of carboxylic acid groups (broad SMARTS) is 1. The number of Topliss-reactive ketones (excluding diaryl/α,β-unsaturated/α-hetero) is 1. The zero-order valence-corrected chi connectivity index (χ0v) is 10.7. The van der Waals surface area contributed by atoms with E-state index in [9.17, 15) is 9.59 Å². The monoisotopic (exact) mass is 255 g/mol. The molecule has 92 valence electrons.